The van der Waals surface area contributed by atoms with Gasteiger partial charge < -0.3 is 74.4 Å². The third-order valence-electron chi connectivity index (χ3n) is 22.0. The van der Waals surface area contributed by atoms with E-state index in [0.29, 0.717) is 32.1 Å². The van der Waals surface area contributed by atoms with E-state index < -0.39 is 210 Å². The van der Waals surface area contributed by atoms with E-state index in [4.69, 9.17) is 14.3 Å². The zero-order chi connectivity index (χ0) is 83.2. The second-order valence-corrected chi connectivity index (χ2v) is 30.7. The fraction of sp³-hybridized carbons (Fsp3) is 0.628. The van der Waals surface area contributed by atoms with Crippen molar-refractivity contribution in [2.75, 3.05) is 109 Å². The van der Waals surface area contributed by atoms with Gasteiger partial charge in [-0.25, -0.2) is 4.79 Å². The molecular weight excluding hydrogens is 1460 g/mol. The number of aryl methyl sites for hydroxylation is 1. The Hall–Kier alpha value is -10.0. The number of hydrogen-bond acceptors (Lipinski definition) is 18. The van der Waals surface area contributed by atoms with Crippen LogP contribution in [0, 0.1) is 17.3 Å². The van der Waals surface area contributed by atoms with E-state index in [2.05, 4.69) is 16.0 Å². The Balaban J connectivity index is 1.34. The molecule has 4 fully saturated rings. The molecule has 616 valence electrons. The van der Waals surface area contributed by atoms with Gasteiger partial charge in [0.1, 0.15) is 53.6 Å². The zero-order valence-corrected chi connectivity index (χ0v) is 66.9. The van der Waals surface area contributed by atoms with Crippen molar-refractivity contribution in [3.8, 4) is 5.75 Å². The number of imide groups is 1. The minimum Gasteiger partial charge on any atom is -0.496 e. The van der Waals surface area contributed by atoms with Crippen molar-refractivity contribution in [3.63, 3.8) is 0 Å². The molecular formula is C78H110F3N13O18. The van der Waals surface area contributed by atoms with Crippen LogP contribution in [0.3, 0.4) is 0 Å². The van der Waals surface area contributed by atoms with Gasteiger partial charge in [-0.3, -0.25) is 67.1 Å². The van der Waals surface area contributed by atoms with Gasteiger partial charge in [-0.2, -0.15) is 13.2 Å². The molecule has 2 unspecified atom stereocenters. The van der Waals surface area contributed by atoms with Crippen molar-refractivity contribution >= 4 is 88.7 Å². The molecule has 1 spiro atoms. The van der Waals surface area contributed by atoms with Gasteiger partial charge >= 0.3 is 12.1 Å². The fourth-order valence-electron chi connectivity index (χ4n) is 15.5. The first-order chi connectivity index (χ1) is 52.7. The summed E-state index contributed by atoms with van der Waals surface area (Å²) in [6, 6.07) is -1.89. The minimum atomic E-state index is -4.83. The Labute approximate surface area is 651 Å². The number of nitrogens with zero attached hydrogens (tertiary/aromatic N) is 10. The van der Waals surface area contributed by atoms with Gasteiger partial charge in [0.25, 0.3) is 11.8 Å². The van der Waals surface area contributed by atoms with Gasteiger partial charge in [0.05, 0.1) is 62.9 Å². The number of ether oxygens (including phenoxy) is 2. The number of alkyl halides is 3. The quantitative estimate of drug-likeness (QED) is 0.142. The number of carbonyl (C=O) groups excluding carboxylic acids is 15. The number of likely N-dealkylation sites (N-methyl/N-ethyl adjacent to an activating group) is 7. The number of hydrogen-bond donors (Lipinski definition) is 3. The summed E-state index contributed by atoms with van der Waals surface area (Å²) in [5, 5.41) is 8.62. The predicted molar refractivity (Wildman–Crippen MR) is 400 cm³/mol. The summed E-state index contributed by atoms with van der Waals surface area (Å²) in [5.41, 5.74) is -3.37. The third kappa shape index (κ3) is 21.0. The fourth-order valence-corrected chi connectivity index (χ4v) is 15.5. The van der Waals surface area contributed by atoms with Crippen LogP contribution in [0.5, 0.6) is 5.75 Å². The lowest BCUT2D eigenvalue weighted by Crippen LogP contribution is -2.71. The first-order valence-electron chi connectivity index (χ1n) is 38.1. The smallest absolute Gasteiger partial charge is 0.419 e. The number of amides is 14. The molecule has 2 saturated carbocycles. The first kappa shape index (κ1) is 89.2. The van der Waals surface area contributed by atoms with E-state index in [1.54, 1.807) is 46.8 Å². The van der Waals surface area contributed by atoms with E-state index >= 15 is 28.8 Å². The van der Waals surface area contributed by atoms with Crippen LogP contribution in [0.25, 0.3) is 0 Å². The number of benzene rings is 2. The van der Waals surface area contributed by atoms with Gasteiger partial charge in [-0.05, 0) is 126 Å². The van der Waals surface area contributed by atoms with Crippen LogP contribution in [0.15, 0.2) is 54.6 Å². The summed E-state index contributed by atoms with van der Waals surface area (Å²) in [5.74, 6) is -15.2. The first-order valence-corrected chi connectivity index (χ1v) is 38.1. The minimum absolute atomic E-state index is 0.00308. The number of carbonyl (C=O) groups is 15. The zero-order valence-electron chi connectivity index (χ0n) is 66.9. The molecule has 2 aliphatic carbocycles. The second-order valence-electron chi connectivity index (χ2n) is 30.7. The highest BCUT2D eigenvalue weighted by atomic mass is 19.4. The summed E-state index contributed by atoms with van der Waals surface area (Å²) < 4.78 is 53.4. The molecule has 8 atom stereocenters. The summed E-state index contributed by atoms with van der Waals surface area (Å²) >= 11 is 0. The molecule has 34 heteroatoms. The van der Waals surface area contributed by atoms with Crippen LogP contribution in [0.1, 0.15) is 164 Å². The molecule has 112 heavy (non-hydrogen) atoms. The Bertz CT molecular complexity index is 3860. The molecule has 2 aromatic rings. The van der Waals surface area contributed by atoms with Crippen molar-refractivity contribution in [2.24, 2.45) is 17.3 Å². The summed E-state index contributed by atoms with van der Waals surface area (Å²) in [7, 11) is 10.2. The molecule has 3 aliphatic heterocycles. The lowest BCUT2D eigenvalue weighted by atomic mass is 9.58. The largest absolute Gasteiger partial charge is 0.496 e. The molecule has 2 saturated heterocycles. The van der Waals surface area contributed by atoms with Gasteiger partial charge in [0, 0.05) is 75.6 Å². The van der Waals surface area contributed by atoms with Gasteiger partial charge in [-0.15, -0.1) is 0 Å². The van der Waals surface area contributed by atoms with Crippen molar-refractivity contribution < 1.29 is 99.4 Å². The summed E-state index contributed by atoms with van der Waals surface area (Å²) in [6.45, 7) is 9.03. The highest BCUT2D eigenvalue weighted by molar-refractivity contribution is 6.21. The molecule has 3 N–H and O–H groups in total. The topological polar surface area (TPSA) is 352 Å². The van der Waals surface area contributed by atoms with E-state index in [1.807, 2.05) is 13.8 Å². The van der Waals surface area contributed by atoms with Crippen LogP contribution in [0.4, 0.5) is 13.2 Å². The summed E-state index contributed by atoms with van der Waals surface area (Å²) in [4.78, 5) is 237. The maximum Gasteiger partial charge on any atom is 0.419 e. The second kappa shape index (κ2) is 38.5. The number of allylic oxidation sites excluding steroid dienone is 1. The molecule has 0 bridgehead atoms. The number of fused-ring (bicyclic) bond motifs is 2. The van der Waals surface area contributed by atoms with Crippen molar-refractivity contribution in [1.82, 2.24) is 65.1 Å². The molecule has 31 nitrogen and oxygen atoms in total. The molecule has 14 amide bonds. The molecule has 5 aliphatic rings. The summed E-state index contributed by atoms with van der Waals surface area (Å²) in [6.07, 6.45) is -0.955. The molecule has 0 radical (unpaired) electrons. The monoisotopic (exact) mass is 1570 g/mol. The molecule has 2 aromatic carbocycles. The lowest BCUT2D eigenvalue weighted by molar-refractivity contribution is -0.172. The van der Waals surface area contributed by atoms with Crippen molar-refractivity contribution in [3.05, 3.63) is 76.9 Å². The standard InChI is InChI=1S/C78H110F3N13O18/c1-16-20-25-36-92-56(40-63(99)112-94-68(102)50-29-23-24-30-51(50)69(94)103)72(106)87(10)41-59(95)82-53(35-33-48-32-34-52(78(79,80)81)58(38-48)110-15)70(104)93-37-26-31-54(93)67(101)84-77(45-76(6,7)46-77)75(109)91(14)65(49-27-21-22-28-49)74(108)90(13)55(71(105)85(8)18-3)39-60(96)89(12)57(44-111-19-4)66(100)83-64(47(5)17-2)73(107)88(11)42-61(97)86(9)43-62(92)98/h16,20,23-24,29-30,32,34,38,47,49,53-57,64-65H,17-19,21-22,25-28,31,33,35-37,39-46H2,1-15H3,(H,82,95)(H,83,100)(H,84,101)/b20-16-/t47-,53-,54-,55-,56?,57-,64?,65-/m0/s1. The van der Waals surface area contributed by atoms with Crippen molar-refractivity contribution in [2.45, 2.75) is 192 Å². The highest BCUT2D eigenvalue weighted by Crippen LogP contribution is 2.50. The maximum absolute atomic E-state index is 15.7. The van der Waals surface area contributed by atoms with Crippen LogP contribution < -0.4 is 20.7 Å². The maximum atomic E-state index is 15.7. The number of rotatable bonds is 18. The van der Waals surface area contributed by atoms with E-state index in [-0.39, 0.29) is 92.9 Å². The van der Waals surface area contributed by atoms with Crippen LogP contribution in [-0.4, -0.2) is 295 Å². The number of halogens is 3. The van der Waals surface area contributed by atoms with Gasteiger partial charge in [0.2, 0.25) is 70.9 Å². The third-order valence-corrected chi connectivity index (χ3v) is 22.0. The lowest BCUT2D eigenvalue weighted by Gasteiger charge is -2.54. The average Bonchev–Trinajstić information content (AvgIpc) is 0.790. The van der Waals surface area contributed by atoms with E-state index in [9.17, 15) is 56.3 Å². The number of methoxy groups -OCH3 is 1. The number of nitrogens with one attached hydrogen (secondary N) is 3. The van der Waals surface area contributed by atoms with Gasteiger partial charge in [-0.1, -0.05) is 82.4 Å². The van der Waals surface area contributed by atoms with Crippen LogP contribution in [0.2, 0.25) is 0 Å². The Morgan fingerprint density at radius 1 is 0.723 bits per heavy atom. The molecule has 3 heterocycles. The highest BCUT2D eigenvalue weighted by Gasteiger charge is 2.59. The van der Waals surface area contributed by atoms with E-state index in [1.165, 1.54) is 81.3 Å². The normalized spacial score (nSPS) is 24.2. The van der Waals surface area contributed by atoms with E-state index in [0.717, 1.165) is 61.8 Å². The Kier molecular flexibility index (Phi) is 30.6. The molecule has 0 aromatic heterocycles. The Morgan fingerprint density at radius 3 is 1.93 bits per heavy atom. The van der Waals surface area contributed by atoms with Gasteiger partial charge in [0.15, 0.2) is 0 Å². The SMILES string of the molecule is C/C=C\CCN1C(=O)CN(C)C(=O)CN(C)C(=O)C([C@@H](C)CC)NC(=O)[C@H](COCC)N(C)C(=O)C[C@@H](C(=O)N(C)CC)N(C)C(=O)[C@H](C2CCCC2)N(C)C(=O)C2(CC(C)(C)C2)NC(=O)[C@@H]2CCCN2C(=O)[C@H](CCc2ccc(C(F)(F)F)c(OC)c2)NC(=O)CN(C)C(=O)C1CC(=O)ON1C(=O)c2ccccc2C1=O. The molecule has 7 rings (SSSR count). The number of hydroxylamine groups is 2. The van der Waals surface area contributed by atoms with Crippen LogP contribution >= 0.6 is 0 Å². The van der Waals surface area contributed by atoms with Crippen LogP contribution in [-0.2, 0) is 84.5 Å². The Morgan fingerprint density at radius 2 is 1.35 bits per heavy atom. The predicted octanol–water partition coefficient (Wildman–Crippen LogP) is 3.60. The van der Waals surface area contributed by atoms with Crippen molar-refractivity contribution in [1.29, 1.82) is 0 Å². The average molecular weight is 1570 g/mol.